The van der Waals surface area contributed by atoms with E-state index in [1.807, 2.05) is 0 Å². The fraction of sp³-hybridized carbons (Fsp3) is 0.381. The Balaban J connectivity index is 1.61. The van der Waals surface area contributed by atoms with Crippen molar-refractivity contribution in [1.29, 1.82) is 0 Å². The fourth-order valence-electron chi connectivity index (χ4n) is 3.47. The van der Waals surface area contributed by atoms with Gasteiger partial charge in [-0.1, -0.05) is 36.4 Å². The first-order chi connectivity index (χ1) is 14.4. The number of piperidine rings is 1. The lowest BCUT2D eigenvalue weighted by Crippen LogP contribution is -2.41. The van der Waals surface area contributed by atoms with E-state index in [0.29, 0.717) is 37.1 Å². The van der Waals surface area contributed by atoms with E-state index in [2.05, 4.69) is 0 Å². The molecule has 1 fully saturated rings. The van der Waals surface area contributed by atoms with E-state index < -0.39 is 15.9 Å². The molecule has 1 aliphatic heterocycles. The average Bonchev–Trinajstić information content (AvgIpc) is 2.77. The van der Waals surface area contributed by atoms with E-state index in [1.54, 1.807) is 41.9 Å². The fourth-order valence-corrected chi connectivity index (χ4v) is 5.19. The van der Waals surface area contributed by atoms with Gasteiger partial charge in [0, 0.05) is 25.1 Å². The van der Waals surface area contributed by atoms with Gasteiger partial charge in [-0.3, -0.25) is 10.0 Å². The Hall–Kier alpha value is -2.33. The normalized spacial score (nSPS) is 15.8. The number of carbonyl (C=O) groups excluding carboxylic acids is 1. The molecule has 1 saturated heterocycles. The van der Waals surface area contributed by atoms with Gasteiger partial charge in [0.25, 0.3) is 0 Å². The van der Waals surface area contributed by atoms with Crippen molar-refractivity contribution >= 4 is 15.9 Å². The number of sulfonamides is 1. The van der Waals surface area contributed by atoms with Gasteiger partial charge >= 0.3 is 0 Å². The maximum Gasteiger partial charge on any atom is 0.243 e. The van der Waals surface area contributed by atoms with Crippen LogP contribution in [-0.2, 0) is 32.6 Å². The van der Waals surface area contributed by atoms with Crippen molar-refractivity contribution in [3.05, 3.63) is 65.5 Å². The average molecular weight is 437 g/mol. The highest BCUT2D eigenvalue weighted by Crippen LogP contribution is 2.26. The molecule has 2 N–H and O–H groups in total. The molecule has 2 aromatic rings. The predicted octanol–water partition coefficient (Wildman–Crippen LogP) is 2.63. The highest BCUT2D eigenvalue weighted by Gasteiger charge is 2.31. The molecule has 1 heterocycles. The Bertz CT molecular complexity index is 975. The molecule has 0 atom stereocenters. The molecule has 1 aliphatic rings. The molecular weight excluding hydrogens is 411 g/mol. The van der Waals surface area contributed by atoms with E-state index in [4.69, 9.17) is 9.94 Å². The first-order valence-corrected chi connectivity index (χ1v) is 11.2. The van der Waals surface area contributed by atoms with Crippen LogP contribution < -0.4 is 5.48 Å². The molecule has 7 nitrogen and oxygen atoms in total. The number of ether oxygens (including phenoxy) is 1. The summed E-state index contributed by atoms with van der Waals surface area (Å²) in [5.74, 6) is -0.890. The molecule has 9 heteroatoms. The monoisotopic (exact) mass is 436 g/mol. The lowest BCUT2D eigenvalue weighted by molar-refractivity contribution is -0.129. The largest absolute Gasteiger partial charge is 0.373 e. The zero-order valence-corrected chi connectivity index (χ0v) is 17.3. The number of nitrogens with zero attached hydrogens (tertiary/aromatic N) is 1. The number of aryl methyl sites for hydroxylation is 1. The van der Waals surface area contributed by atoms with Crippen LogP contribution in [0.2, 0.25) is 0 Å². The summed E-state index contributed by atoms with van der Waals surface area (Å²) in [4.78, 5) is 11.5. The smallest absolute Gasteiger partial charge is 0.243 e. The molecule has 0 aliphatic carbocycles. The summed E-state index contributed by atoms with van der Waals surface area (Å²) < 4.78 is 47.2. The standard InChI is InChI=1S/C21H25FN2O5S/c22-19-7-3-1-6-17(19)15-29-18-11-13-24(14-12-18)30(27,28)20-8-4-2-5-16(20)9-10-21(25)23-26/h1-8,18,26H,9-15H2,(H,23,25). The van der Waals surface area contributed by atoms with Crippen molar-refractivity contribution in [2.45, 2.75) is 43.3 Å². The van der Waals surface area contributed by atoms with Crippen molar-refractivity contribution in [2.75, 3.05) is 13.1 Å². The summed E-state index contributed by atoms with van der Waals surface area (Å²) in [6.45, 7) is 0.755. The van der Waals surface area contributed by atoms with Crippen molar-refractivity contribution in [2.24, 2.45) is 0 Å². The van der Waals surface area contributed by atoms with Crippen LogP contribution in [0.3, 0.4) is 0 Å². The van der Waals surface area contributed by atoms with Crippen LogP contribution in [-0.4, -0.2) is 43.0 Å². The number of nitrogens with one attached hydrogen (secondary N) is 1. The van der Waals surface area contributed by atoms with Crippen LogP contribution in [0.25, 0.3) is 0 Å². The summed E-state index contributed by atoms with van der Waals surface area (Å²) in [7, 11) is -3.72. The van der Waals surface area contributed by atoms with Crippen molar-refractivity contribution in [3.63, 3.8) is 0 Å². The number of rotatable bonds is 8. The first kappa shape index (κ1) is 22.4. The van der Waals surface area contributed by atoms with Crippen molar-refractivity contribution in [1.82, 2.24) is 9.79 Å². The van der Waals surface area contributed by atoms with Crippen LogP contribution in [0, 0.1) is 5.82 Å². The molecule has 3 rings (SSSR count). The number of hydrogen-bond donors (Lipinski definition) is 2. The van der Waals surface area contributed by atoms with E-state index in [0.717, 1.165) is 0 Å². The highest BCUT2D eigenvalue weighted by molar-refractivity contribution is 7.89. The molecule has 0 unspecified atom stereocenters. The summed E-state index contributed by atoms with van der Waals surface area (Å²) in [6, 6.07) is 13.0. The second-order valence-corrected chi connectivity index (χ2v) is 9.05. The Morgan fingerprint density at radius 2 is 1.73 bits per heavy atom. The number of benzene rings is 2. The molecule has 2 aromatic carbocycles. The molecule has 0 spiro atoms. The highest BCUT2D eigenvalue weighted by atomic mass is 32.2. The Labute approximate surface area is 175 Å². The molecule has 0 aromatic heterocycles. The predicted molar refractivity (Wildman–Crippen MR) is 108 cm³/mol. The van der Waals surface area contributed by atoms with Crippen molar-refractivity contribution < 1.29 is 27.5 Å². The maximum atomic E-state index is 13.7. The third kappa shape index (κ3) is 5.42. The number of hydrogen-bond acceptors (Lipinski definition) is 5. The minimum Gasteiger partial charge on any atom is -0.373 e. The quantitative estimate of drug-likeness (QED) is 0.490. The minimum absolute atomic E-state index is 0.0189. The number of carbonyl (C=O) groups is 1. The second kappa shape index (κ2) is 10.1. The van der Waals surface area contributed by atoms with Gasteiger partial charge in [0.05, 0.1) is 17.6 Å². The molecule has 0 radical (unpaired) electrons. The van der Waals surface area contributed by atoms with E-state index in [-0.39, 0.29) is 36.3 Å². The van der Waals surface area contributed by atoms with Gasteiger partial charge in [0.15, 0.2) is 0 Å². The zero-order valence-electron chi connectivity index (χ0n) is 16.5. The lowest BCUT2D eigenvalue weighted by Gasteiger charge is -2.31. The molecule has 0 bridgehead atoms. The zero-order chi connectivity index (χ0) is 21.6. The van der Waals surface area contributed by atoms with Crippen LogP contribution in [0.15, 0.2) is 53.4 Å². The van der Waals surface area contributed by atoms with Gasteiger partial charge in [-0.25, -0.2) is 18.3 Å². The molecule has 0 saturated carbocycles. The van der Waals surface area contributed by atoms with Crippen LogP contribution in [0.5, 0.6) is 0 Å². The summed E-state index contributed by atoms with van der Waals surface area (Å²) >= 11 is 0. The third-order valence-electron chi connectivity index (χ3n) is 5.17. The summed E-state index contributed by atoms with van der Waals surface area (Å²) in [5, 5.41) is 8.64. The van der Waals surface area contributed by atoms with Gasteiger partial charge in [-0.15, -0.1) is 0 Å². The Morgan fingerprint density at radius 1 is 1.10 bits per heavy atom. The Kier molecular flexibility index (Phi) is 7.54. The first-order valence-electron chi connectivity index (χ1n) is 9.78. The van der Waals surface area contributed by atoms with Gasteiger partial charge in [-0.05, 0) is 37.0 Å². The summed E-state index contributed by atoms with van der Waals surface area (Å²) in [5.41, 5.74) is 2.56. The SMILES string of the molecule is O=C(CCc1ccccc1S(=O)(=O)N1CCC(OCc2ccccc2F)CC1)NO. The topological polar surface area (TPSA) is 95.9 Å². The van der Waals surface area contributed by atoms with Gasteiger partial charge in [-0.2, -0.15) is 4.31 Å². The molecule has 1 amide bonds. The van der Waals surface area contributed by atoms with Gasteiger partial charge < -0.3 is 4.74 Å². The summed E-state index contributed by atoms with van der Waals surface area (Å²) in [6.07, 6.45) is 1.07. The minimum atomic E-state index is -3.72. The van der Waals surface area contributed by atoms with Gasteiger partial charge in [0.2, 0.25) is 15.9 Å². The maximum absolute atomic E-state index is 13.7. The van der Waals surface area contributed by atoms with Gasteiger partial charge in [0.1, 0.15) is 5.82 Å². The van der Waals surface area contributed by atoms with E-state index >= 15 is 0 Å². The van der Waals surface area contributed by atoms with Crippen LogP contribution in [0.4, 0.5) is 4.39 Å². The second-order valence-electron chi connectivity index (χ2n) is 7.15. The van der Waals surface area contributed by atoms with E-state index in [1.165, 1.54) is 16.4 Å². The number of amides is 1. The van der Waals surface area contributed by atoms with Crippen LogP contribution >= 0.6 is 0 Å². The molecular formula is C21H25FN2O5S. The third-order valence-corrected chi connectivity index (χ3v) is 7.17. The van der Waals surface area contributed by atoms with Crippen LogP contribution in [0.1, 0.15) is 30.4 Å². The Morgan fingerprint density at radius 3 is 2.40 bits per heavy atom. The lowest BCUT2D eigenvalue weighted by atomic mass is 10.1. The molecule has 30 heavy (non-hydrogen) atoms. The number of hydroxylamine groups is 1. The van der Waals surface area contributed by atoms with E-state index in [9.17, 15) is 17.6 Å². The number of halogens is 1. The molecule has 162 valence electrons. The van der Waals surface area contributed by atoms with Crippen molar-refractivity contribution in [3.8, 4) is 0 Å².